The van der Waals surface area contributed by atoms with Gasteiger partial charge in [-0.2, -0.15) is 0 Å². The Hall–Kier alpha value is -2.15. The molecule has 0 radical (unpaired) electrons. The Balaban J connectivity index is 1.99. The number of aromatic nitrogens is 1. The maximum atomic E-state index is 14.0. The van der Waals surface area contributed by atoms with Gasteiger partial charge in [-0.05, 0) is 32.4 Å². The van der Waals surface area contributed by atoms with Crippen molar-refractivity contribution in [2.24, 2.45) is 0 Å². The minimum absolute atomic E-state index is 0.0416. The molecule has 0 aliphatic carbocycles. The second-order valence-electron chi connectivity index (χ2n) is 5.24. The molecular formula is C16H20FN3O2S. The van der Waals surface area contributed by atoms with Gasteiger partial charge in [0.25, 0.3) is 0 Å². The van der Waals surface area contributed by atoms with Crippen LogP contribution in [-0.2, 0) is 0 Å². The first-order chi connectivity index (χ1) is 11.0. The Labute approximate surface area is 138 Å². The van der Waals surface area contributed by atoms with Crippen molar-refractivity contribution in [3.63, 3.8) is 0 Å². The Morgan fingerprint density at radius 3 is 2.78 bits per heavy atom. The zero-order valence-corrected chi connectivity index (χ0v) is 14.1. The quantitative estimate of drug-likeness (QED) is 0.824. The number of rotatable bonds is 6. The third-order valence-electron chi connectivity index (χ3n) is 3.02. The molecule has 1 heterocycles. The fourth-order valence-electron chi connectivity index (χ4n) is 2.00. The van der Waals surface area contributed by atoms with Crippen LogP contribution in [0, 0.1) is 5.82 Å². The molecule has 5 nitrogen and oxygen atoms in total. The summed E-state index contributed by atoms with van der Waals surface area (Å²) in [6.45, 7) is 5.67. The molecule has 0 saturated heterocycles. The van der Waals surface area contributed by atoms with E-state index in [9.17, 15) is 9.18 Å². The standard InChI is InChI=1S/C16H20FN3O2S/c1-4-13(15-18-7-8-23-15)19-16(21)20-14-6-5-11(9-12(14)17)22-10(2)3/h5-10,13H,4H2,1-3H3,(H2,19,20,21)/t13-/m0/s1. The highest BCUT2D eigenvalue weighted by molar-refractivity contribution is 7.09. The van der Waals surface area contributed by atoms with Crippen LogP contribution in [0.25, 0.3) is 0 Å². The molecule has 1 aromatic carbocycles. The number of hydrogen-bond acceptors (Lipinski definition) is 4. The van der Waals surface area contributed by atoms with Crippen molar-refractivity contribution in [3.05, 3.63) is 40.6 Å². The van der Waals surface area contributed by atoms with Gasteiger partial charge in [-0.3, -0.25) is 0 Å². The van der Waals surface area contributed by atoms with Gasteiger partial charge in [-0.15, -0.1) is 11.3 Å². The van der Waals surface area contributed by atoms with E-state index in [0.29, 0.717) is 12.2 Å². The second-order valence-corrected chi connectivity index (χ2v) is 6.16. The number of hydrogen-bond donors (Lipinski definition) is 2. The predicted molar refractivity (Wildman–Crippen MR) is 89.5 cm³/mol. The van der Waals surface area contributed by atoms with E-state index in [2.05, 4.69) is 15.6 Å². The van der Waals surface area contributed by atoms with Gasteiger partial charge in [-0.1, -0.05) is 6.92 Å². The smallest absolute Gasteiger partial charge is 0.319 e. The van der Waals surface area contributed by atoms with Gasteiger partial charge in [0.2, 0.25) is 0 Å². The molecule has 0 unspecified atom stereocenters. The van der Waals surface area contributed by atoms with Crippen LogP contribution in [0.4, 0.5) is 14.9 Å². The van der Waals surface area contributed by atoms with Crippen molar-refractivity contribution in [1.29, 1.82) is 0 Å². The van der Waals surface area contributed by atoms with Crippen molar-refractivity contribution in [2.45, 2.75) is 39.3 Å². The summed E-state index contributed by atoms with van der Waals surface area (Å²) in [5.74, 6) is -0.113. The molecule has 0 fully saturated rings. The lowest BCUT2D eigenvalue weighted by molar-refractivity contribution is 0.241. The highest BCUT2D eigenvalue weighted by Crippen LogP contribution is 2.22. The molecule has 0 bridgehead atoms. The fraction of sp³-hybridized carbons (Fsp3) is 0.375. The molecule has 0 spiro atoms. The number of thiazole rings is 1. The van der Waals surface area contributed by atoms with E-state index >= 15 is 0 Å². The monoisotopic (exact) mass is 337 g/mol. The van der Waals surface area contributed by atoms with E-state index in [1.807, 2.05) is 26.2 Å². The van der Waals surface area contributed by atoms with Crippen molar-refractivity contribution >= 4 is 23.1 Å². The summed E-state index contributed by atoms with van der Waals surface area (Å²) >= 11 is 1.47. The van der Waals surface area contributed by atoms with Crippen LogP contribution in [0.2, 0.25) is 0 Å². The van der Waals surface area contributed by atoms with Crippen LogP contribution in [-0.4, -0.2) is 17.1 Å². The number of benzene rings is 1. The molecule has 0 saturated carbocycles. The lowest BCUT2D eigenvalue weighted by Crippen LogP contribution is -2.32. The summed E-state index contributed by atoms with van der Waals surface area (Å²) in [6.07, 6.45) is 2.35. The first-order valence-electron chi connectivity index (χ1n) is 7.42. The molecule has 23 heavy (non-hydrogen) atoms. The summed E-state index contributed by atoms with van der Waals surface area (Å²) in [5.41, 5.74) is 0.104. The topological polar surface area (TPSA) is 63.2 Å². The zero-order valence-electron chi connectivity index (χ0n) is 13.3. The van der Waals surface area contributed by atoms with E-state index in [1.54, 1.807) is 12.3 Å². The number of halogens is 1. The summed E-state index contributed by atoms with van der Waals surface area (Å²) in [4.78, 5) is 16.2. The number of nitrogens with one attached hydrogen (secondary N) is 2. The molecular weight excluding hydrogens is 317 g/mol. The Kier molecular flexibility index (Phi) is 5.92. The number of anilines is 1. The van der Waals surface area contributed by atoms with Crippen LogP contribution < -0.4 is 15.4 Å². The summed E-state index contributed by atoms with van der Waals surface area (Å²) in [5, 5.41) is 7.98. The van der Waals surface area contributed by atoms with Gasteiger partial charge in [0.05, 0.1) is 17.8 Å². The van der Waals surface area contributed by atoms with Gasteiger partial charge in [0, 0.05) is 17.6 Å². The fourth-order valence-corrected chi connectivity index (χ4v) is 2.78. The van der Waals surface area contributed by atoms with E-state index in [4.69, 9.17) is 4.74 Å². The average molecular weight is 337 g/mol. The number of urea groups is 1. The summed E-state index contributed by atoms with van der Waals surface area (Å²) in [6, 6.07) is 3.70. The van der Waals surface area contributed by atoms with E-state index in [1.165, 1.54) is 23.5 Å². The molecule has 1 aromatic heterocycles. The average Bonchev–Trinajstić information content (AvgIpc) is 3.01. The maximum absolute atomic E-state index is 14.0. The molecule has 0 aliphatic rings. The first kappa shape index (κ1) is 17.2. The van der Waals surface area contributed by atoms with E-state index < -0.39 is 11.8 Å². The summed E-state index contributed by atoms with van der Waals surface area (Å²) < 4.78 is 19.4. The Morgan fingerprint density at radius 2 is 2.22 bits per heavy atom. The lowest BCUT2D eigenvalue weighted by Gasteiger charge is -2.16. The second kappa shape index (κ2) is 7.92. The highest BCUT2D eigenvalue weighted by atomic mass is 32.1. The summed E-state index contributed by atoms with van der Waals surface area (Å²) in [7, 11) is 0. The zero-order chi connectivity index (χ0) is 16.8. The van der Waals surface area contributed by atoms with Crippen molar-refractivity contribution in [2.75, 3.05) is 5.32 Å². The largest absolute Gasteiger partial charge is 0.491 e. The van der Waals surface area contributed by atoms with Crippen molar-refractivity contribution < 1.29 is 13.9 Å². The third-order valence-corrected chi connectivity index (χ3v) is 3.91. The molecule has 0 aliphatic heterocycles. The number of nitrogens with zero attached hydrogens (tertiary/aromatic N) is 1. The number of amides is 2. The van der Waals surface area contributed by atoms with E-state index in [-0.39, 0.29) is 17.8 Å². The van der Waals surface area contributed by atoms with Gasteiger partial charge in [0.15, 0.2) is 0 Å². The Bertz CT molecular complexity index is 647. The van der Waals surface area contributed by atoms with Crippen LogP contribution >= 0.6 is 11.3 Å². The Morgan fingerprint density at radius 1 is 1.43 bits per heavy atom. The van der Waals surface area contributed by atoms with Crippen molar-refractivity contribution in [1.82, 2.24) is 10.3 Å². The molecule has 2 aromatic rings. The molecule has 2 rings (SSSR count). The molecule has 2 N–H and O–H groups in total. The minimum atomic E-state index is -0.541. The number of carbonyl (C=O) groups excluding carboxylic acids is 1. The SMILES string of the molecule is CC[C@H](NC(=O)Nc1ccc(OC(C)C)cc1F)c1nccs1. The molecule has 124 valence electrons. The van der Waals surface area contributed by atoms with Gasteiger partial charge in [0.1, 0.15) is 16.6 Å². The lowest BCUT2D eigenvalue weighted by atomic mass is 10.2. The minimum Gasteiger partial charge on any atom is -0.491 e. The van der Waals surface area contributed by atoms with Crippen LogP contribution in [0.1, 0.15) is 38.2 Å². The highest BCUT2D eigenvalue weighted by Gasteiger charge is 2.16. The van der Waals surface area contributed by atoms with Crippen LogP contribution in [0.15, 0.2) is 29.8 Å². The first-order valence-corrected chi connectivity index (χ1v) is 8.30. The molecule has 1 atom stereocenters. The molecule has 2 amide bonds. The van der Waals surface area contributed by atoms with Gasteiger partial charge >= 0.3 is 6.03 Å². The molecule has 7 heteroatoms. The number of ether oxygens (including phenoxy) is 1. The predicted octanol–water partition coefficient (Wildman–Crippen LogP) is 4.34. The third kappa shape index (κ3) is 4.92. The van der Waals surface area contributed by atoms with E-state index in [0.717, 1.165) is 5.01 Å². The van der Waals surface area contributed by atoms with Crippen LogP contribution in [0.5, 0.6) is 5.75 Å². The van der Waals surface area contributed by atoms with Gasteiger partial charge < -0.3 is 15.4 Å². The normalized spacial score (nSPS) is 12.0. The van der Waals surface area contributed by atoms with Crippen LogP contribution in [0.3, 0.4) is 0 Å². The van der Waals surface area contributed by atoms with Crippen molar-refractivity contribution in [3.8, 4) is 5.75 Å². The maximum Gasteiger partial charge on any atom is 0.319 e. The number of carbonyl (C=O) groups is 1. The van der Waals surface area contributed by atoms with Gasteiger partial charge in [-0.25, -0.2) is 14.2 Å².